The van der Waals surface area contributed by atoms with Gasteiger partial charge < -0.3 is 30.3 Å². The minimum absolute atomic E-state index is 0.0122. The molecule has 0 aliphatic carbocycles. The van der Waals surface area contributed by atoms with E-state index in [1.807, 2.05) is 7.05 Å². The zero-order valence-electron chi connectivity index (χ0n) is 21.6. The molecular weight excluding hydrogens is 544 g/mol. The molecule has 2 saturated heterocycles. The number of nitrogens with one attached hydrogen (secondary N) is 2. The van der Waals surface area contributed by atoms with E-state index in [2.05, 4.69) is 27.1 Å². The van der Waals surface area contributed by atoms with Crippen molar-refractivity contribution in [3.8, 4) is 22.8 Å². The van der Waals surface area contributed by atoms with Gasteiger partial charge in [0.05, 0.1) is 29.4 Å². The first-order valence-corrected chi connectivity index (χ1v) is 13.2. The van der Waals surface area contributed by atoms with Crippen LogP contribution in [0.25, 0.3) is 22.0 Å². The van der Waals surface area contributed by atoms with Crippen LogP contribution in [0.5, 0.6) is 11.6 Å². The van der Waals surface area contributed by atoms with Crippen LogP contribution in [-0.4, -0.2) is 76.6 Å². The van der Waals surface area contributed by atoms with Gasteiger partial charge >= 0.3 is 0 Å². The van der Waals surface area contributed by atoms with Gasteiger partial charge in [0.15, 0.2) is 11.4 Å². The number of aromatic hydroxyl groups is 1. The second kappa shape index (κ2) is 9.60. The van der Waals surface area contributed by atoms with Gasteiger partial charge in [-0.1, -0.05) is 24.2 Å². The lowest BCUT2D eigenvalue weighted by molar-refractivity contribution is -0.138. The Balaban J connectivity index is 1.50. The number of ether oxygens (including phenoxy) is 1. The second-order valence-corrected chi connectivity index (χ2v) is 10.8. The summed E-state index contributed by atoms with van der Waals surface area (Å²) in [4.78, 5) is 33.4. The van der Waals surface area contributed by atoms with Crippen molar-refractivity contribution in [2.75, 3.05) is 43.9 Å². The molecule has 208 valence electrons. The number of nitrogens with zero attached hydrogens (tertiary/aromatic N) is 3. The summed E-state index contributed by atoms with van der Waals surface area (Å²) in [5, 5.41) is 16.5. The molecule has 1 spiro atoms. The Bertz CT molecular complexity index is 1570. The van der Waals surface area contributed by atoms with Crippen molar-refractivity contribution in [2.24, 2.45) is 0 Å². The maximum Gasteiger partial charge on any atom is 0.253 e. The number of hydrogen-bond donors (Lipinski definition) is 3. The first kappa shape index (κ1) is 26.3. The van der Waals surface area contributed by atoms with Gasteiger partial charge in [-0.25, -0.2) is 13.8 Å². The average Bonchev–Trinajstić information content (AvgIpc) is 3.31. The molecule has 12 heteroatoms. The molecule has 2 fully saturated rings. The highest BCUT2D eigenvalue weighted by Crippen LogP contribution is 2.48. The highest BCUT2D eigenvalue weighted by Gasteiger charge is 2.54. The van der Waals surface area contributed by atoms with Crippen LogP contribution in [0.4, 0.5) is 20.2 Å². The number of anilines is 2. The standard InChI is InChI=1S/C28H26ClF2N5O4/c1-3-19(38)36-12-28(13-36)27(39)33-25-24(34-28)15-10-16(29)20(21-17(30)7-4-8-18(21)37)22(31)23(15)32-26(25)40-11-14-6-5-9-35(14)2/h3-4,7-8,10,14,34,37H,1,5-6,9,11-13H2,2H3,(H,33,39)/t14-/m0/s1. The van der Waals surface area contributed by atoms with Crippen LogP contribution in [0.15, 0.2) is 36.9 Å². The van der Waals surface area contributed by atoms with Crippen molar-refractivity contribution < 1.29 is 28.2 Å². The first-order valence-electron chi connectivity index (χ1n) is 12.8. The first-order chi connectivity index (χ1) is 19.1. The fraction of sp³-hybridized carbons (Fsp3) is 0.321. The zero-order valence-corrected chi connectivity index (χ0v) is 22.3. The third-order valence-electron chi connectivity index (χ3n) is 7.91. The van der Waals surface area contributed by atoms with E-state index in [-0.39, 0.29) is 64.7 Å². The molecule has 40 heavy (non-hydrogen) atoms. The van der Waals surface area contributed by atoms with Gasteiger partial charge in [-0.2, -0.15) is 0 Å². The summed E-state index contributed by atoms with van der Waals surface area (Å²) in [7, 11) is 1.99. The van der Waals surface area contributed by atoms with Crippen LogP contribution < -0.4 is 15.4 Å². The maximum absolute atomic E-state index is 16.2. The monoisotopic (exact) mass is 569 g/mol. The Kier molecular flexibility index (Phi) is 6.30. The van der Waals surface area contributed by atoms with E-state index in [1.165, 1.54) is 29.2 Å². The molecule has 1 atom stereocenters. The number of pyridine rings is 1. The lowest BCUT2D eigenvalue weighted by Crippen LogP contribution is -2.73. The molecule has 4 heterocycles. The van der Waals surface area contributed by atoms with Gasteiger partial charge in [-0.15, -0.1) is 0 Å². The molecule has 2 amide bonds. The minimum atomic E-state index is -1.17. The SMILES string of the molecule is C=CC(=O)N1CC2(C1)Nc1c(c(OC[C@@H]3CCCN3C)nc3c(F)c(-c4c(O)cccc4F)c(Cl)cc13)NC2=O. The van der Waals surface area contributed by atoms with E-state index in [9.17, 15) is 19.1 Å². The van der Waals surface area contributed by atoms with E-state index in [0.717, 1.165) is 25.5 Å². The van der Waals surface area contributed by atoms with Gasteiger partial charge in [0.25, 0.3) is 5.91 Å². The number of benzene rings is 2. The molecule has 0 radical (unpaired) electrons. The number of aromatic nitrogens is 1. The molecule has 0 bridgehead atoms. The molecule has 3 aliphatic rings. The molecule has 0 unspecified atom stereocenters. The number of carbonyl (C=O) groups excluding carboxylic acids is 2. The highest BCUT2D eigenvalue weighted by atomic mass is 35.5. The van der Waals surface area contributed by atoms with E-state index >= 15 is 4.39 Å². The van der Waals surface area contributed by atoms with Crippen molar-refractivity contribution in [3.05, 3.63) is 53.6 Å². The Hall–Kier alpha value is -3.96. The molecule has 6 rings (SSSR count). The Labute approximate surface area is 233 Å². The predicted molar refractivity (Wildman–Crippen MR) is 147 cm³/mol. The molecule has 3 aliphatic heterocycles. The Morgan fingerprint density at radius 2 is 2.10 bits per heavy atom. The van der Waals surface area contributed by atoms with E-state index in [0.29, 0.717) is 5.69 Å². The summed E-state index contributed by atoms with van der Waals surface area (Å²) in [5.41, 5.74) is -1.57. The predicted octanol–water partition coefficient (Wildman–Crippen LogP) is 4.14. The van der Waals surface area contributed by atoms with Crippen molar-refractivity contribution in [3.63, 3.8) is 0 Å². The van der Waals surface area contributed by atoms with Crippen LogP contribution in [0.1, 0.15) is 12.8 Å². The van der Waals surface area contributed by atoms with Crippen LogP contribution in [0.2, 0.25) is 5.02 Å². The number of phenolic OH excluding ortho intramolecular Hbond substituents is 1. The summed E-state index contributed by atoms with van der Waals surface area (Å²) >= 11 is 6.50. The number of phenols is 1. The van der Waals surface area contributed by atoms with Crippen LogP contribution in [0, 0.1) is 11.6 Å². The lowest BCUT2D eigenvalue weighted by atomic mass is 9.85. The summed E-state index contributed by atoms with van der Waals surface area (Å²) in [5.74, 6) is -3.02. The molecule has 3 N–H and O–H groups in total. The number of halogens is 3. The van der Waals surface area contributed by atoms with Gasteiger partial charge in [0.1, 0.15) is 29.4 Å². The Morgan fingerprint density at radius 1 is 1.32 bits per heavy atom. The van der Waals surface area contributed by atoms with Gasteiger partial charge in [-0.05, 0) is 50.7 Å². The molecule has 9 nitrogen and oxygen atoms in total. The van der Waals surface area contributed by atoms with Gasteiger partial charge in [-0.3, -0.25) is 9.59 Å². The topological polar surface area (TPSA) is 107 Å². The van der Waals surface area contributed by atoms with Gasteiger partial charge in [0, 0.05) is 17.0 Å². The number of rotatable bonds is 5. The molecule has 2 aromatic carbocycles. The van der Waals surface area contributed by atoms with Crippen molar-refractivity contribution in [1.82, 2.24) is 14.8 Å². The number of amides is 2. The van der Waals surface area contributed by atoms with Crippen molar-refractivity contribution in [1.29, 1.82) is 0 Å². The zero-order chi connectivity index (χ0) is 28.3. The molecule has 1 aromatic heterocycles. The second-order valence-electron chi connectivity index (χ2n) is 10.4. The number of likely N-dealkylation sites (N-methyl/N-ethyl adjacent to an activating group) is 1. The molecular formula is C28H26ClF2N5O4. The van der Waals surface area contributed by atoms with Gasteiger partial charge in [0.2, 0.25) is 11.8 Å². The van der Waals surface area contributed by atoms with Crippen LogP contribution in [-0.2, 0) is 9.59 Å². The number of carbonyl (C=O) groups is 2. The van der Waals surface area contributed by atoms with Crippen molar-refractivity contribution in [2.45, 2.75) is 24.4 Å². The van der Waals surface area contributed by atoms with Crippen LogP contribution >= 0.6 is 11.6 Å². The van der Waals surface area contributed by atoms with E-state index < -0.39 is 34.4 Å². The summed E-state index contributed by atoms with van der Waals surface area (Å²) < 4.78 is 37.1. The fourth-order valence-corrected chi connectivity index (χ4v) is 5.94. The third-order valence-corrected chi connectivity index (χ3v) is 8.21. The largest absolute Gasteiger partial charge is 0.507 e. The number of fused-ring (bicyclic) bond motifs is 3. The Morgan fingerprint density at radius 3 is 2.77 bits per heavy atom. The number of likely N-dealkylation sites (tertiary alicyclic amines) is 2. The lowest BCUT2D eigenvalue weighted by Gasteiger charge is -2.51. The smallest absolute Gasteiger partial charge is 0.253 e. The normalized spacial score (nSPS) is 19.6. The minimum Gasteiger partial charge on any atom is -0.507 e. The summed E-state index contributed by atoms with van der Waals surface area (Å²) in [6.45, 7) is 4.78. The van der Waals surface area contributed by atoms with Crippen molar-refractivity contribution >= 4 is 45.7 Å². The fourth-order valence-electron chi connectivity index (χ4n) is 5.65. The quantitative estimate of drug-likeness (QED) is 0.396. The summed E-state index contributed by atoms with van der Waals surface area (Å²) in [6, 6.07) is 5.14. The number of hydrogen-bond acceptors (Lipinski definition) is 7. The molecule has 3 aromatic rings. The third kappa shape index (κ3) is 4.03. The van der Waals surface area contributed by atoms with Crippen LogP contribution in [0.3, 0.4) is 0 Å². The molecule has 0 saturated carbocycles. The summed E-state index contributed by atoms with van der Waals surface area (Å²) in [6.07, 6.45) is 3.09. The van der Waals surface area contributed by atoms with E-state index in [4.69, 9.17) is 16.3 Å². The maximum atomic E-state index is 16.2. The van der Waals surface area contributed by atoms with E-state index in [1.54, 1.807) is 0 Å². The average molecular weight is 570 g/mol. The highest BCUT2D eigenvalue weighted by molar-refractivity contribution is 6.35.